The smallest absolute Gasteiger partial charge is 0.268 e. The topological polar surface area (TPSA) is 55.6 Å². The summed E-state index contributed by atoms with van der Waals surface area (Å²) in [6.45, 7) is 9.14. The zero-order chi connectivity index (χ0) is 17.0. The van der Waals surface area contributed by atoms with Crippen LogP contribution in [0.25, 0.3) is 0 Å². The van der Waals surface area contributed by atoms with Crippen LogP contribution in [0.15, 0.2) is 18.2 Å². The molecule has 23 heavy (non-hydrogen) atoms. The second-order valence-corrected chi connectivity index (χ2v) is 6.33. The molecule has 0 saturated carbocycles. The van der Waals surface area contributed by atoms with Gasteiger partial charge < -0.3 is 15.4 Å². The Morgan fingerprint density at radius 1 is 1.22 bits per heavy atom. The van der Waals surface area contributed by atoms with E-state index in [-0.39, 0.29) is 18.1 Å². The highest BCUT2D eigenvalue weighted by Crippen LogP contribution is 2.38. The molecule has 0 aliphatic carbocycles. The SMILES string of the molecule is CCCN1C(=O)C(CC)Oc2ccc(C(N)C(CC)CC)cc21. The Balaban J connectivity index is 2.38. The summed E-state index contributed by atoms with van der Waals surface area (Å²) in [7, 11) is 0. The average molecular weight is 318 g/mol. The Morgan fingerprint density at radius 2 is 1.91 bits per heavy atom. The van der Waals surface area contributed by atoms with Gasteiger partial charge in [0.25, 0.3) is 5.91 Å². The van der Waals surface area contributed by atoms with E-state index in [1.54, 1.807) is 0 Å². The van der Waals surface area contributed by atoms with Crippen molar-refractivity contribution in [2.75, 3.05) is 11.4 Å². The van der Waals surface area contributed by atoms with Gasteiger partial charge in [-0.05, 0) is 36.5 Å². The molecule has 2 atom stereocenters. The van der Waals surface area contributed by atoms with Crippen LogP contribution in [0.4, 0.5) is 5.69 Å². The van der Waals surface area contributed by atoms with Crippen molar-refractivity contribution >= 4 is 11.6 Å². The number of nitrogens with zero attached hydrogens (tertiary/aromatic N) is 1. The fourth-order valence-electron chi connectivity index (χ4n) is 3.33. The monoisotopic (exact) mass is 318 g/mol. The van der Waals surface area contributed by atoms with Gasteiger partial charge in [0.15, 0.2) is 6.10 Å². The Labute approximate surface area is 140 Å². The third-order valence-electron chi connectivity index (χ3n) is 4.84. The predicted octanol–water partition coefficient (Wildman–Crippen LogP) is 4.04. The molecule has 0 saturated heterocycles. The molecule has 0 radical (unpaired) electrons. The molecule has 1 amide bonds. The van der Waals surface area contributed by atoms with Gasteiger partial charge in [0, 0.05) is 12.6 Å². The fourth-order valence-corrected chi connectivity index (χ4v) is 3.33. The molecule has 0 fully saturated rings. The van der Waals surface area contributed by atoms with Crippen LogP contribution in [0, 0.1) is 5.92 Å². The summed E-state index contributed by atoms with van der Waals surface area (Å²) in [4.78, 5) is 14.5. The maximum Gasteiger partial charge on any atom is 0.268 e. The number of hydrogen-bond acceptors (Lipinski definition) is 3. The van der Waals surface area contributed by atoms with E-state index in [9.17, 15) is 4.79 Å². The van der Waals surface area contributed by atoms with Crippen LogP contribution in [0.5, 0.6) is 5.75 Å². The van der Waals surface area contributed by atoms with Crippen LogP contribution in [0.2, 0.25) is 0 Å². The number of carbonyl (C=O) groups excluding carboxylic acids is 1. The zero-order valence-electron chi connectivity index (χ0n) is 14.8. The lowest BCUT2D eigenvalue weighted by Gasteiger charge is -2.35. The molecule has 1 aliphatic heterocycles. The van der Waals surface area contributed by atoms with Crippen molar-refractivity contribution < 1.29 is 9.53 Å². The minimum atomic E-state index is -0.368. The summed E-state index contributed by atoms with van der Waals surface area (Å²) >= 11 is 0. The van der Waals surface area contributed by atoms with E-state index >= 15 is 0 Å². The van der Waals surface area contributed by atoms with E-state index < -0.39 is 0 Å². The fraction of sp³-hybridized carbons (Fsp3) is 0.632. The maximum absolute atomic E-state index is 12.6. The van der Waals surface area contributed by atoms with Gasteiger partial charge in [-0.25, -0.2) is 0 Å². The first-order valence-corrected chi connectivity index (χ1v) is 8.94. The Bertz CT molecular complexity index is 540. The van der Waals surface area contributed by atoms with Crippen molar-refractivity contribution in [1.82, 2.24) is 0 Å². The van der Waals surface area contributed by atoms with Crippen molar-refractivity contribution in [1.29, 1.82) is 0 Å². The normalized spacial score (nSPS) is 18.8. The molecule has 2 N–H and O–H groups in total. The molecule has 2 rings (SSSR count). The van der Waals surface area contributed by atoms with Gasteiger partial charge in [-0.3, -0.25) is 4.79 Å². The number of nitrogens with two attached hydrogens (primary N) is 1. The molecule has 2 unspecified atom stereocenters. The highest BCUT2D eigenvalue weighted by molar-refractivity contribution is 6.00. The number of ether oxygens (including phenoxy) is 1. The Morgan fingerprint density at radius 3 is 2.48 bits per heavy atom. The first-order chi connectivity index (χ1) is 11.1. The summed E-state index contributed by atoms with van der Waals surface area (Å²) in [6.07, 6.45) is 3.35. The lowest BCUT2D eigenvalue weighted by atomic mass is 9.89. The highest BCUT2D eigenvalue weighted by Gasteiger charge is 2.33. The van der Waals surface area contributed by atoms with Crippen LogP contribution in [0.3, 0.4) is 0 Å². The molecule has 0 spiro atoms. The van der Waals surface area contributed by atoms with Crippen molar-refractivity contribution in [3.63, 3.8) is 0 Å². The number of benzene rings is 1. The molecule has 4 nitrogen and oxygen atoms in total. The highest BCUT2D eigenvalue weighted by atomic mass is 16.5. The predicted molar refractivity (Wildman–Crippen MR) is 94.8 cm³/mol. The summed E-state index contributed by atoms with van der Waals surface area (Å²) < 4.78 is 5.89. The van der Waals surface area contributed by atoms with E-state index in [1.165, 1.54) is 0 Å². The number of hydrogen-bond donors (Lipinski definition) is 1. The second kappa shape index (κ2) is 7.82. The first kappa shape index (κ1) is 17.8. The van der Waals surface area contributed by atoms with Gasteiger partial charge >= 0.3 is 0 Å². The standard InChI is InChI=1S/C19H30N2O2/c1-5-11-21-15-12-14(18(20)13(6-2)7-3)9-10-17(15)23-16(8-4)19(21)22/h9-10,12-13,16,18H,5-8,11,20H2,1-4H3. The van der Waals surface area contributed by atoms with Crippen molar-refractivity contribution in [3.05, 3.63) is 23.8 Å². The van der Waals surface area contributed by atoms with Gasteiger partial charge in [-0.2, -0.15) is 0 Å². The third kappa shape index (κ3) is 3.52. The molecule has 1 aromatic carbocycles. The molecule has 1 heterocycles. The first-order valence-electron chi connectivity index (χ1n) is 8.94. The van der Waals surface area contributed by atoms with E-state index in [2.05, 4.69) is 32.9 Å². The summed E-state index contributed by atoms with van der Waals surface area (Å²) in [5.74, 6) is 1.32. The summed E-state index contributed by atoms with van der Waals surface area (Å²) in [5, 5.41) is 0. The van der Waals surface area contributed by atoms with Crippen LogP contribution in [0.1, 0.15) is 65.0 Å². The van der Waals surface area contributed by atoms with Crippen molar-refractivity contribution in [2.45, 2.75) is 65.5 Å². The minimum Gasteiger partial charge on any atom is -0.478 e. The Hall–Kier alpha value is -1.55. The molecular weight excluding hydrogens is 288 g/mol. The van der Waals surface area contributed by atoms with Crippen LogP contribution >= 0.6 is 0 Å². The molecule has 0 aromatic heterocycles. The van der Waals surface area contributed by atoms with Gasteiger partial charge in [-0.15, -0.1) is 0 Å². The van der Waals surface area contributed by atoms with Crippen molar-refractivity contribution in [2.24, 2.45) is 11.7 Å². The van der Waals surface area contributed by atoms with Gasteiger partial charge in [0.2, 0.25) is 0 Å². The van der Waals surface area contributed by atoms with Crippen molar-refractivity contribution in [3.8, 4) is 5.75 Å². The second-order valence-electron chi connectivity index (χ2n) is 6.33. The molecule has 128 valence electrons. The van der Waals surface area contributed by atoms with E-state index in [0.717, 1.165) is 42.8 Å². The van der Waals surface area contributed by atoms with E-state index in [4.69, 9.17) is 10.5 Å². The molecule has 1 aliphatic rings. The molecule has 1 aromatic rings. The Kier molecular flexibility index (Phi) is 6.05. The molecular formula is C19H30N2O2. The maximum atomic E-state index is 12.6. The van der Waals surface area contributed by atoms with Crippen LogP contribution in [-0.4, -0.2) is 18.6 Å². The number of amides is 1. The number of rotatable bonds is 7. The van der Waals surface area contributed by atoms with E-state index in [0.29, 0.717) is 12.3 Å². The largest absolute Gasteiger partial charge is 0.478 e. The minimum absolute atomic E-state index is 0.00206. The summed E-state index contributed by atoms with van der Waals surface area (Å²) in [6, 6.07) is 6.08. The average Bonchev–Trinajstić information content (AvgIpc) is 2.57. The van der Waals surface area contributed by atoms with Gasteiger partial charge in [0.05, 0.1) is 5.69 Å². The number of anilines is 1. The van der Waals surface area contributed by atoms with Crippen LogP contribution < -0.4 is 15.4 Å². The van der Waals surface area contributed by atoms with E-state index in [1.807, 2.05) is 17.9 Å². The van der Waals surface area contributed by atoms with Gasteiger partial charge in [-0.1, -0.05) is 46.6 Å². The molecule has 0 bridgehead atoms. The third-order valence-corrected chi connectivity index (χ3v) is 4.84. The zero-order valence-corrected chi connectivity index (χ0v) is 14.8. The number of fused-ring (bicyclic) bond motifs is 1. The lowest BCUT2D eigenvalue weighted by Crippen LogP contribution is -2.46. The van der Waals surface area contributed by atoms with Crippen LogP contribution in [-0.2, 0) is 4.79 Å². The lowest BCUT2D eigenvalue weighted by molar-refractivity contribution is -0.126. The van der Waals surface area contributed by atoms with Gasteiger partial charge in [0.1, 0.15) is 5.75 Å². The quantitative estimate of drug-likeness (QED) is 0.825. The molecule has 4 heteroatoms. The summed E-state index contributed by atoms with van der Waals surface area (Å²) in [5.41, 5.74) is 8.42. The number of carbonyl (C=O) groups is 1.